The standard InChI is InChI=1S/C36H54N4O2Si2/c1-7-9-15-27(3)29(5)17-13-25-43-41-33-19-11-23-37-35(33)31-21-22-32(40-39-31)36-34(20-12-24-38-36)42-44-26-14-18-30(6)28(4)16-10-8-2/h11-12,19-24,27-30H,7-10,13-18,25-26H2,1-6H3. The van der Waals surface area contributed by atoms with Crippen molar-refractivity contribution < 1.29 is 8.85 Å². The third-order valence-electron chi connectivity index (χ3n) is 8.90. The fourth-order valence-corrected chi connectivity index (χ4v) is 6.90. The Balaban J connectivity index is 1.51. The second kappa shape index (κ2) is 20.4. The molecule has 3 aromatic heterocycles. The van der Waals surface area contributed by atoms with Gasteiger partial charge in [-0.15, -0.1) is 10.2 Å². The largest absolute Gasteiger partial charge is 0.539 e. The quantitative estimate of drug-likeness (QED) is 0.0813. The summed E-state index contributed by atoms with van der Waals surface area (Å²) in [6, 6.07) is 13.8. The Bertz CT molecular complexity index is 1100. The van der Waals surface area contributed by atoms with Gasteiger partial charge in [0.1, 0.15) is 34.3 Å². The molecule has 238 valence electrons. The topological polar surface area (TPSA) is 70.0 Å². The van der Waals surface area contributed by atoms with Crippen molar-refractivity contribution in [2.75, 3.05) is 0 Å². The molecule has 0 aliphatic carbocycles. The van der Waals surface area contributed by atoms with E-state index in [0.29, 0.717) is 30.9 Å². The molecule has 44 heavy (non-hydrogen) atoms. The zero-order chi connectivity index (χ0) is 31.6. The molecule has 0 amide bonds. The molecule has 0 saturated heterocycles. The molecule has 0 spiro atoms. The lowest BCUT2D eigenvalue weighted by Crippen LogP contribution is -2.10. The molecule has 0 aromatic carbocycles. The van der Waals surface area contributed by atoms with Gasteiger partial charge in [0.2, 0.25) is 0 Å². The molecule has 3 heterocycles. The number of hydrogen-bond acceptors (Lipinski definition) is 6. The van der Waals surface area contributed by atoms with Gasteiger partial charge in [0.25, 0.3) is 0 Å². The van der Waals surface area contributed by atoms with E-state index in [0.717, 1.165) is 58.6 Å². The van der Waals surface area contributed by atoms with Gasteiger partial charge in [-0.05, 0) is 72.2 Å². The normalized spacial score (nSPS) is 14.1. The van der Waals surface area contributed by atoms with Crippen molar-refractivity contribution in [3.05, 3.63) is 48.8 Å². The zero-order valence-electron chi connectivity index (χ0n) is 28.0. The molecule has 0 aliphatic heterocycles. The number of aromatic nitrogens is 4. The average Bonchev–Trinajstić information content (AvgIpc) is 3.06. The lowest BCUT2D eigenvalue weighted by atomic mass is 9.88. The Hall–Kier alpha value is -2.59. The molecule has 3 rings (SSSR count). The van der Waals surface area contributed by atoms with Crippen LogP contribution in [-0.2, 0) is 0 Å². The first-order chi connectivity index (χ1) is 21.4. The number of nitrogens with zero attached hydrogens (tertiary/aromatic N) is 4. The Kier molecular flexibility index (Phi) is 16.7. The highest BCUT2D eigenvalue weighted by Gasteiger charge is 2.16. The van der Waals surface area contributed by atoms with Gasteiger partial charge >= 0.3 is 19.5 Å². The van der Waals surface area contributed by atoms with Crippen molar-refractivity contribution in [2.45, 2.75) is 118 Å². The van der Waals surface area contributed by atoms with E-state index in [1.807, 2.05) is 36.4 Å². The van der Waals surface area contributed by atoms with E-state index in [1.165, 1.54) is 64.2 Å². The average molecular weight is 631 g/mol. The minimum Gasteiger partial charge on any atom is -0.539 e. The predicted molar refractivity (Wildman–Crippen MR) is 185 cm³/mol. The predicted octanol–water partition coefficient (Wildman–Crippen LogP) is 9.92. The summed E-state index contributed by atoms with van der Waals surface area (Å²) in [5.74, 6) is 4.63. The third-order valence-corrected chi connectivity index (χ3v) is 10.7. The van der Waals surface area contributed by atoms with Crippen molar-refractivity contribution in [3.63, 3.8) is 0 Å². The van der Waals surface area contributed by atoms with Crippen LogP contribution in [0.3, 0.4) is 0 Å². The first-order valence-corrected chi connectivity index (χ1v) is 19.2. The molecule has 4 unspecified atom stereocenters. The van der Waals surface area contributed by atoms with Gasteiger partial charge < -0.3 is 8.85 Å². The van der Waals surface area contributed by atoms with Gasteiger partial charge in [-0.1, -0.05) is 106 Å². The minimum atomic E-state index is 0.400. The van der Waals surface area contributed by atoms with E-state index in [1.54, 1.807) is 12.4 Å². The summed E-state index contributed by atoms with van der Waals surface area (Å²) >= 11 is 0. The van der Waals surface area contributed by atoms with Gasteiger partial charge in [0.05, 0.1) is 0 Å². The smallest absolute Gasteiger partial charge is 0.310 e. The molecule has 6 nitrogen and oxygen atoms in total. The highest BCUT2D eigenvalue weighted by molar-refractivity contribution is 6.28. The van der Waals surface area contributed by atoms with Crippen molar-refractivity contribution in [1.29, 1.82) is 0 Å². The summed E-state index contributed by atoms with van der Waals surface area (Å²) in [4.78, 5) is 9.16. The SMILES string of the molecule is CCCCC(C)C(C)CCC[Si]Oc1cccnc1-c1ccc(-c2ncccc2O[Si]CCCC(C)C(C)CCCC)nn1. The minimum absolute atomic E-state index is 0.400. The maximum Gasteiger partial charge on any atom is 0.310 e. The lowest BCUT2D eigenvalue weighted by molar-refractivity contribution is 0.333. The van der Waals surface area contributed by atoms with E-state index >= 15 is 0 Å². The molecular formula is C36H54N4O2Si2. The van der Waals surface area contributed by atoms with Crippen LogP contribution in [0.15, 0.2) is 48.8 Å². The van der Waals surface area contributed by atoms with E-state index in [-0.39, 0.29) is 0 Å². The summed E-state index contributed by atoms with van der Waals surface area (Å²) < 4.78 is 12.4. The van der Waals surface area contributed by atoms with Crippen molar-refractivity contribution in [1.82, 2.24) is 20.2 Å². The molecule has 4 radical (unpaired) electrons. The summed E-state index contributed by atoms with van der Waals surface area (Å²) in [6.45, 7) is 14.1. The summed E-state index contributed by atoms with van der Waals surface area (Å²) in [5, 5.41) is 9.05. The summed E-state index contributed by atoms with van der Waals surface area (Å²) in [7, 11) is 0.801. The molecule has 0 aliphatic rings. The van der Waals surface area contributed by atoms with Gasteiger partial charge in [0.15, 0.2) is 0 Å². The first-order valence-electron chi connectivity index (χ1n) is 17.0. The van der Waals surface area contributed by atoms with Crippen LogP contribution >= 0.6 is 0 Å². The van der Waals surface area contributed by atoms with Gasteiger partial charge in [-0.25, -0.2) is 0 Å². The number of hydrogen-bond donors (Lipinski definition) is 0. The van der Waals surface area contributed by atoms with Crippen LogP contribution in [0.25, 0.3) is 22.8 Å². The molecular weight excluding hydrogens is 577 g/mol. The van der Waals surface area contributed by atoms with Gasteiger partial charge in [-0.3, -0.25) is 9.97 Å². The highest BCUT2D eigenvalue weighted by atomic mass is 28.2. The van der Waals surface area contributed by atoms with Crippen molar-refractivity contribution in [3.8, 4) is 34.3 Å². The molecule has 3 aromatic rings. The van der Waals surface area contributed by atoms with Crippen molar-refractivity contribution >= 4 is 19.5 Å². The van der Waals surface area contributed by atoms with Crippen molar-refractivity contribution in [2.24, 2.45) is 23.7 Å². The first kappa shape index (κ1) is 35.9. The molecule has 4 atom stereocenters. The molecule has 0 N–H and O–H groups in total. The lowest BCUT2D eigenvalue weighted by Gasteiger charge is -2.19. The second-order valence-electron chi connectivity index (χ2n) is 12.5. The van der Waals surface area contributed by atoms with Gasteiger partial charge in [-0.2, -0.15) is 0 Å². The Morgan fingerprint density at radius 1 is 0.568 bits per heavy atom. The van der Waals surface area contributed by atoms with Crippen LogP contribution in [0.2, 0.25) is 12.1 Å². The van der Waals surface area contributed by atoms with Crippen LogP contribution < -0.4 is 8.85 Å². The van der Waals surface area contributed by atoms with Crippen LogP contribution in [0.4, 0.5) is 0 Å². The summed E-state index contributed by atoms with van der Waals surface area (Å²) in [5.41, 5.74) is 2.82. The number of rotatable bonds is 22. The van der Waals surface area contributed by atoms with E-state index in [2.05, 4.69) is 61.7 Å². The monoisotopic (exact) mass is 630 g/mol. The zero-order valence-corrected chi connectivity index (χ0v) is 30.0. The maximum absolute atomic E-state index is 6.21. The summed E-state index contributed by atoms with van der Waals surface area (Å²) in [6.07, 6.45) is 16.3. The second-order valence-corrected chi connectivity index (χ2v) is 14.5. The highest BCUT2D eigenvalue weighted by Crippen LogP contribution is 2.30. The third kappa shape index (κ3) is 12.1. The van der Waals surface area contributed by atoms with E-state index in [9.17, 15) is 0 Å². The Morgan fingerprint density at radius 3 is 1.32 bits per heavy atom. The molecule has 0 fully saturated rings. The van der Waals surface area contributed by atoms with Crippen LogP contribution in [0.1, 0.15) is 106 Å². The van der Waals surface area contributed by atoms with E-state index in [4.69, 9.17) is 8.85 Å². The Morgan fingerprint density at radius 2 is 0.955 bits per heavy atom. The van der Waals surface area contributed by atoms with Crippen LogP contribution in [0.5, 0.6) is 11.5 Å². The molecule has 0 saturated carbocycles. The van der Waals surface area contributed by atoms with Gasteiger partial charge in [0, 0.05) is 12.4 Å². The van der Waals surface area contributed by atoms with Crippen LogP contribution in [-0.4, -0.2) is 39.7 Å². The van der Waals surface area contributed by atoms with E-state index < -0.39 is 0 Å². The number of pyridine rings is 2. The molecule has 8 heteroatoms. The molecule has 0 bridgehead atoms. The van der Waals surface area contributed by atoms with Crippen LogP contribution in [0, 0.1) is 23.7 Å². The Labute approximate surface area is 272 Å². The number of unbranched alkanes of at least 4 members (excludes halogenated alkanes) is 2. The maximum atomic E-state index is 6.21. The fraction of sp³-hybridized carbons (Fsp3) is 0.611. The fourth-order valence-electron chi connectivity index (χ4n) is 5.36.